The highest BCUT2D eigenvalue weighted by atomic mass is 32.2. The predicted molar refractivity (Wildman–Crippen MR) is 46.1 cm³/mol. The van der Waals surface area contributed by atoms with Gasteiger partial charge in [0.2, 0.25) is 10.0 Å². The van der Waals surface area contributed by atoms with E-state index in [4.69, 9.17) is 5.14 Å². The maximum Gasteiger partial charge on any atom is 0.214 e. The zero-order valence-electron chi connectivity index (χ0n) is 6.94. The molecule has 2 N–H and O–H groups in total. The molecular weight excluding hydrogens is 176 g/mol. The fraction of sp³-hybridized carbons (Fsp3) is 1.00. The lowest BCUT2D eigenvalue weighted by Gasteiger charge is -2.37. The first-order valence-electron chi connectivity index (χ1n) is 4.29. The van der Waals surface area contributed by atoms with Crippen LogP contribution in [0.5, 0.6) is 0 Å². The second-order valence-electron chi connectivity index (χ2n) is 3.87. The fourth-order valence-electron chi connectivity index (χ4n) is 1.54. The number of nitrogens with two attached hydrogens (primary N) is 1. The molecule has 1 heterocycles. The number of rotatable bonds is 3. The first kappa shape index (κ1) is 8.47. The van der Waals surface area contributed by atoms with E-state index in [0.717, 1.165) is 12.5 Å². The van der Waals surface area contributed by atoms with Gasteiger partial charge < -0.3 is 4.90 Å². The maximum atomic E-state index is 10.8. The molecular formula is C7H14N2O2S. The van der Waals surface area contributed by atoms with E-state index in [0.29, 0.717) is 13.1 Å². The summed E-state index contributed by atoms with van der Waals surface area (Å²) in [6, 6.07) is 0. The number of sulfonamides is 1. The number of hydrogen-bond acceptors (Lipinski definition) is 3. The van der Waals surface area contributed by atoms with Gasteiger partial charge >= 0.3 is 0 Å². The first-order chi connectivity index (χ1) is 5.55. The first-order valence-corrected chi connectivity index (χ1v) is 5.90. The lowest BCUT2D eigenvalue weighted by Crippen LogP contribution is -2.56. The Morgan fingerprint density at radius 1 is 1.33 bits per heavy atom. The molecule has 4 nitrogen and oxygen atoms in total. The Morgan fingerprint density at radius 3 is 2.33 bits per heavy atom. The third-order valence-electron chi connectivity index (χ3n) is 2.60. The summed E-state index contributed by atoms with van der Waals surface area (Å²) in [6.07, 6.45) is 2.63. The van der Waals surface area contributed by atoms with Crippen molar-refractivity contribution >= 4 is 10.0 Å². The number of primary sulfonamides is 1. The highest BCUT2D eigenvalue weighted by molar-refractivity contribution is 7.89. The van der Waals surface area contributed by atoms with E-state index in [1.807, 2.05) is 0 Å². The normalized spacial score (nSPS) is 27.1. The Balaban J connectivity index is 1.75. The van der Waals surface area contributed by atoms with E-state index in [1.165, 1.54) is 12.8 Å². The maximum absolute atomic E-state index is 10.8. The van der Waals surface area contributed by atoms with Gasteiger partial charge in [-0.05, 0) is 18.8 Å². The van der Waals surface area contributed by atoms with Crippen LogP contribution in [0.2, 0.25) is 0 Å². The van der Waals surface area contributed by atoms with Crippen LogP contribution in [0, 0.1) is 5.92 Å². The van der Waals surface area contributed by atoms with Crippen molar-refractivity contribution in [3.63, 3.8) is 0 Å². The average Bonchev–Trinajstić information content (AvgIpc) is 2.56. The van der Waals surface area contributed by atoms with Gasteiger partial charge in [-0.25, -0.2) is 13.6 Å². The molecule has 0 amide bonds. The third-order valence-corrected chi connectivity index (χ3v) is 3.83. The minimum absolute atomic E-state index is 0.295. The van der Waals surface area contributed by atoms with Crippen molar-refractivity contribution in [3.05, 3.63) is 0 Å². The van der Waals surface area contributed by atoms with Crippen molar-refractivity contribution in [2.24, 2.45) is 11.1 Å². The van der Waals surface area contributed by atoms with Gasteiger partial charge in [-0.1, -0.05) is 0 Å². The Kier molecular flexibility index (Phi) is 1.89. The zero-order valence-corrected chi connectivity index (χ0v) is 7.76. The van der Waals surface area contributed by atoms with Crippen molar-refractivity contribution in [2.75, 3.05) is 19.6 Å². The molecule has 1 saturated heterocycles. The van der Waals surface area contributed by atoms with Gasteiger partial charge in [-0.15, -0.1) is 0 Å². The summed E-state index contributed by atoms with van der Waals surface area (Å²) >= 11 is 0. The van der Waals surface area contributed by atoms with Crippen LogP contribution in [0.3, 0.4) is 0 Å². The molecule has 0 unspecified atom stereocenters. The van der Waals surface area contributed by atoms with Crippen molar-refractivity contribution in [3.8, 4) is 0 Å². The second kappa shape index (κ2) is 2.68. The SMILES string of the molecule is NS(=O)(=O)C1CN(CC2CC2)C1. The smallest absolute Gasteiger partial charge is 0.214 e. The quantitative estimate of drug-likeness (QED) is 0.644. The zero-order chi connectivity index (χ0) is 8.77. The van der Waals surface area contributed by atoms with Crippen LogP contribution in [-0.2, 0) is 10.0 Å². The molecule has 12 heavy (non-hydrogen) atoms. The van der Waals surface area contributed by atoms with Crippen LogP contribution in [0.15, 0.2) is 0 Å². The summed E-state index contributed by atoms with van der Waals surface area (Å²) in [4.78, 5) is 2.17. The molecule has 0 bridgehead atoms. The lowest BCUT2D eigenvalue weighted by atomic mass is 10.2. The minimum Gasteiger partial charge on any atom is -0.300 e. The van der Waals surface area contributed by atoms with E-state index >= 15 is 0 Å². The lowest BCUT2D eigenvalue weighted by molar-refractivity contribution is 0.177. The van der Waals surface area contributed by atoms with Crippen molar-refractivity contribution in [2.45, 2.75) is 18.1 Å². The molecule has 0 aromatic heterocycles. The minimum atomic E-state index is -3.26. The molecule has 0 spiro atoms. The fourth-order valence-corrected chi connectivity index (χ4v) is 2.38. The van der Waals surface area contributed by atoms with Crippen LogP contribution in [-0.4, -0.2) is 38.2 Å². The average molecular weight is 190 g/mol. The van der Waals surface area contributed by atoms with Crippen molar-refractivity contribution < 1.29 is 8.42 Å². The summed E-state index contributed by atoms with van der Waals surface area (Å²) < 4.78 is 21.6. The molecule has 2 fully saturated rings. The highest BCUT2D eigenvalue weighted by Gasteiger charge is 2.37. The van der Waals surface area contributed by atoms with E-state index in [-0.39, 0.29) is 5.25 Å². The monoisotopic (exact) mass is 190 g/mol. The second-order valence-corrected chi connectivity index (χ2v) is 5.72. The molecule has 0 atom stereocenters. The standard InChI is InChI=1S/C7H14N2O2S/c8-12(10,11)7-4-9(5-7)3-6-1-2-6/h6-7H,1-5H2,(H2,8,10,11). The van der Waals surface area contributed by atoms with E-state index in [9.17, 15) is 8.42 Å². The molecule has 0 aromatic rings. The summed E-state index contributed by atoms with van der Waals surface area (Å²) in [6.45, 7) is 2.37. The van der Waals surface area contributed by atoms with Gasteiger partial charge in [0.05, 0.1) is 0 Å². The van der Waals surface area contributed by atoms with Crippen LogP contribution in [0.4, 0.5) is 0 Å². The largest absolute Gasteiger partial charge is 0.300 e. The molecule has 0 aromatic carbocycles. The molecule has 1 aliphatic heterocycles. The number of likely N-dealkylation sites (tertiary alicyclic amines) is 1. The number of nitrogens with zero attached hydrogens (tertiary/aromatic N) is 1. The van der Waals surface area contributed by atoms with E-state index in [2.05, 4.69) is 4.90 Å². The molecule has 2 aliphatic rings. The highest BCUT2D eigenvalue weighted by Crippen LogP contribution is 2.31. The van der Waals surface area contributed by atoms with E-state index < -0.39 is 10.0 Å². The van der Waals surface area contributed by atoms with Gasteiger partial charge in [0.25, 0.3) is 0 Å². The van der Waals surface area contributed by atoms with Gasteiger partial charge in [-0.3, -0.25) is 0 Å². The van der Waals surface area contributed by atoms with Crippen LogP contribution in [0.25, 0.3) is 0 Å². The van der Waals surface area contributed by atoms with Crippen molar-refractivity contribution in [1.29, 1.82) is 0 Å². The summed E-state index contributed by atoms with van der Waals surface area (Å²) in [7, 11) is -3.26. The van der Waals surface area contributed by atoms with E-state index in [1.54, 1.807) is 0 Å². The van der Waals surface area contributed by atoms with Crippen molar-refractivity contribution in [1.82, 2.24) is 4.90 Å². The van der Waals surface area contributed by atoms with Gasteiger partial charge in [0.1, 0.15) is 5.25 Å². The molecule has 5 heteroatoms. The molecule has 2 rings (SSSR count). The summed E-state index contributed by atoms with van der Waals surface area (Å²) in [5.41, 5.74) is 0. The molecule has 70 valence electrons. The van der Waals surface area contributed by atoms with Crippen LogP contribution >= 0.6 is 0 Å². The molecule has 0 radical (unpaired) electrons. The molecule has 1 saturated carbocycles. The number of hydrogen-bond donors (Lipinski definition) is 1. The predicted octanol–water partition coefficient (Wildman–Crippen LogP) is -0.631. The summed E-state index contributed by atoms with van der Waals surface area (Å²) in [5.74, 6) is 0.839. The Morgan fingerprint density at radius 2 is 1.92 bits per heavy atom. The van der Waals surface area contributed by atoms with Gasteiger partial charge in [0.15, 0.2) is 0 Å². The Bertz CT molecular complexity index is 265. The van der Waals surface area contributed by atoms with Gasteiger partial charge in [-0.2, -0.15) is 0 Å². The third kappa shape index (κ3) is 1.78. The topological polar surface area (TPSA) is 63.4 Å². The molecule has 1 aliphatic carbocycles. The van der Waals surface area contributed by atoms with Crippen LogP contribution in [0.1, 0.15) is 12.8 Å². The Hall–Kier alpha value is -0.130. The van der Waals surface area contributed by atoms with Crippen LogP contribution < -0.4 is 5.14 Å². The summed E-state index contributed by atoms with van der Waals surface area (Å²) in [5, 5.41) is 4.70. The Labute approximate surface area is 72.8 Å². The van der Waals surface area contributed by atoms with Gasteiger partial charge in [0, 0.05) is 19.6 Å².